The van der Waals surface area contributed by atoms with Crippen LogP contribution in [-0.4, -0.2) is 241 Å². The number of ketones is 1. The van der Waals surface area contributed by atoms with Crippen molar-refractivity contribution in [2.24, 2.45) is 0 Å². The molecule has 0 aromatic rings. The first-order chi connectivity index (χ1) is 30.8. The summed E-state index contributed by atoms with van der Waals surface area (Å²) in [5.74, 6) is -0.789. The molecule has 0 aromatic carbocycles. The minimum absolute atomic E-state index is 0.0267. The lowest BCUT2D eigenvalue weighted by Crippen LogP contribution is -2.68. The molecule has 0 saturated carbocycles. The second kappa shape index (κ2) is 31.0. The zero-order valence-corrected chi connectivity index (χ0v) is 36.6. The van der Waals surface area contributed by atoms with Gasteiger partial charge in [0.2, 0.25) is 11.8 Å². The lowest BCUT2D eigenvalue weighted by atomic mass is 9.95. The lowest BCUT2D eigenvalue weighted by molar-refractivity contribution is -0.376. The van der Waals surface area contributed by atoms with Crippen molar-refractivity contribution in [1.82, 2.24) is 10.6 Å². The van der Waals surface area contributed by atoms with Crippen LogP contribution in [0, 0.1) is 0 Å². The maximum Gasteiger partial charge on any atom is 0.219 e. The van der Waals surface area contributed by atoms with Crippen LogP contribution in [0.1, 0.15) is 58.8 Å². The molecule has 3 aliphatic heterocycles. The first kappa shape index (κ1) is 56.2. The van der Waals surface area contributed by atoms with Crippen LogP contribution >= 0.6 is 0 Å². The van der Waals surface area contributed by atoms with Gasteiger partial charge in [-0.2, -0.15) is 0 Å². The number of Topliss-reactive ketones (excluding diaryl/α,β-unsaturated/α-hetero) is 1. The number of carbonyl (C=O) groups excluding carboxylic acids is 3. The van der Waals surface area contributed by atoms with Crippen LogP contribution in [0.25, 0.3) is 0 Å². The van der Waals surface area contributed by atoms with Crippen LogP contribution in [0.2, 0.25) is 0 Å². The van der Waals surface area contributed by atoms with Gasteiger partial charge in [0, 0.05) is 39.3 Å². The monoisotopic (exact) mass is 932 g/mol. The Hall–Kier alpha value is -2.15. The number of aliphatic hydroxyl groups is 9. The Kier molecular flexibility index (Phi) is 27.2. The van der Waals surface area contributed by atoms with Gasteiger partial charge in [-0.3, -0.25) is 14.4 Å². The highest BCUT2D eigenvalue weighted by atomic mass is 16.8. The summed E-state index contributed by atoms with van der Waals surface area (Å²) in [6.45, 7) is 4.74. The zero-order valence-electron chi connectivity index (χ0n) is 36.6. The van der Waals surface area contributed by atoms with Gasteiger partial charge < -0.3 is 104 Å². The van der Waals surface area contributed by atoms with Gasteiger partial charge in [-0.25, -0.2) is 0 Å². The van der Waals surface area contributed by atoms with E-state index in [1.54, 1.807) is 0 Å². The summed E-state index contributed by atoms with van der Waals surface area (Å²) < 4.78 is 55.6. The molecule has 0 aliphatic carbocycles. The van der Waals surface area contributed by atoms with Crippen molar-refractivity contribution in [3.05, 3.63) is 0 Å². The number of ether oxygens (including phenoxy) is 10. The van der Waals surface area contributed by atoms with E-state index in [2.05, 4.69) is 10.6 Å². The SMILES string of the molecule is CCCOCCOCCOCCOCCC(=O)CCCCC(=O)NCCCO[C@@H]1OC(CO)[C@@H](O[C@@H]2OC(CO)[C@H](O)[C@H](O[C@H]3OC(CO)[C@H](O)[C@H](O)C3O)C2O)[C@H](O)C1NC(C)=O. The van der Waals surface area contributed by atoms with Gasteiger partial charge in [0.25, 0.3) is 0 Å². The average molecular weight is 933 g/mol. The molecule has 15 atom stereocenters. The molecule has 3 saturated heterocycles. The normalized spacial score (nSPS) is 33.2. The second-order valence-electron chi connectivity index (χ2n) is 15.6. The van der Waals surface area contributed by atoms with Crippen molar-refractivity contribution < 1.29 is 108 Å². The summed E-state index contributed by atoms with van der Waals surface area (Å²) in [7, 11) is 0. The van der Waals surface area contributed by atoms with Gasteiger partial charge in [0.1, 0.15) is 79.0 Å². The molecule has 374 valence electrons. The third-order valence-electron chi connectivity index (χ3n) is 10.5. The molecule has 0 spiro atoms. The van der Waals surface area contributed by atoms with E-state index in [9.17, 15) is 60.3 Å². The molecule has 3 rings (SSSR count). The summed E-state index contributed by atoms with van der Waals surface area (Å²) in [5, 5.41) is 99.3. The molecule has 3 aliphatic rings. The number of carbonyl (C=O) groups is 3. The zero-order chi connectivity index (χ0) is 47.0. The molecule has 2 amide bonds. The molecule has 11 N–H and O–H groups in total. The van der Waals surface area contributed by atoms with E-state index < -0.39 is 118 Å². The van der Waals surface area contributed by atoms with Crippen LogP contribution in [0.4, 0.5) is 0 Å². The van der Waals surface area contributed by atoms with Crippen LogP contribution in [0.15, 0.2) is 0 Å². The Morgan fingerprint density at radius 3 is 1.66 bits per heavy atom. The van der Waals surface area contributed by atoms with Gasteiger partial charge in [-0.15, -0.1) is 0 Å². The molecule has 6 unspecified atom stereocenters. The molecule has 24 heteroatoms. The van der Waals surface area contributed by atoms with E-state index >= 15 is 0 Å². The van der Waals surface area contributed by atoms with Gasteiger partial charge in [0.05, 0.1) is 72.7 Å². The molecule has 0 aromatic heterocycles. The minimum Gasteiger partial charge on any atom is -0.394 e. The van der Waals surface area contributed by atoms with Crippen LogP contribution < -0.4 is 10.6 Å². The van der Waals surface area contributed by atoms with Crippen molar-refractivity contribution in [3.63, 3.8) is 0 Å². The highest BCUT2D eigenvalue weighted by Crippen LogP contribution is 2.33. The topological polar surface area (TPSA) is 350 Å². The summed E-state index contributed by atoms with van der Waals surface area (Å²) in [6.07, 6.45) is -20.3. The van der Waals surface area contributed by atoms with E-state index in [0.29, 0.717) is 58.9 Å². The maximum atomic E-state index is 12.4. The molecule has 24 nitrogen and oxygen atoms in total. The number of hydrogen-bond acceptors (Lipinski definition) is 22. The Bertz CT molecular complexity index is 1310. The van der Waals surface area contributed by atoms with E-state index in [-0.39, 0.29) is 50.7 Å². The highest BCUT2D eigenvalue weighted by molar-refractivity contribution is 5.78. The summed E-state index contributed by atoms with van der Waals surface area (Å²) in [6, 6.07) is -1.30. The predicted molar refractivity (Wildman–Crippen MR) is 216 cm³/mol. The largest absolute Gasteiger partial charge is 0.394 e. The fourth-order valence-electron chi connectivity index (χ4n) is 6.99. The number of amides is 2. The van der Waals surface area contributed by atoms with E-state index in [1.165, 1.54) is 6.92 Å². The first-order valence-corrected chi connectivity index (χ1v) is 21.9. The van der Waals surface area contributed by atoms with E-state index in [4.69, 9.17) is 47.4 Å². The third-order valence-corrected chi connectivity index (χ3v) is 10.5. The Morgan fingerprint density at radius 2 is 1.06 bits per heavy atom. The molecule has 3 fully saturated rings. The number of hydrogen-bond donors (Lipinski definition) is 11. The first-order valence-electron chi connectivity index (χ1n) is 21.9. The van der Waals surface area contributed by atoms with Crippen LogP contribution in [-0.2, 0) is 61.8 Å². The van der Waals surface area contributed by atoms with E-state index in [0.717, 1.165) is 13.0 Å². The van der Waals surface area contributed by atoms with Crippen molar-refractivity contribution in [2.75, 3.05) is 85.8 Å². The fourth-order valence-corrected chi connectivity index (χ4v) is 6.99. The smallest absolute Gasteiger partial charge is 0.219 e. The number of nitrogens with one attached hydrogen (secondary N) is 2. The van der Waals surface area contributed by atoms with Crippen molar-refractivity contribution in [1.29, 1.82) is 0 Å². The summed E-state index contributed by atoms with van der Waals surface area (Å²) >= 11 is 0. The van der Waals surface area contributed by atoms with Crippen LogP contribution in [0.5, 0.6) is 0 Å². The van der Waals surface area contributed by atoms with Crippen LogP contribution in [0.3, 0.4) is 0 Å². The minimum atomic E-state index is -1.96. The quantitative estimate of drug-likeness (QED) is 0.0282. The van der Waals surface area contributed by atoms with Crippen molar-refractivity contribution >= 4 is 17.6 Å². The third kappa shape index (κ3) is 18.5. The molecular formula is C40H72N2O22. The van der Waals surface area contributed by atoms with Gasteiger partial charge in [0.15, 0.2) is 18.9 Å². The van der Waals surface area contributed by atoms with Crippen molar-refractivity contribution in [3.8, 4) is 0 Å². The average Bonchev–Trinajstić information content (AvgIpc) is 3.27. The molecule has 3 heterocycles. The highest BCUT2D eigenvalue weighted by Gasteiger charge is 2.54. The Labute approximate surface area is 372 Å². The Balaban J connectivity index is 1.38. The molecule has 0 radical (unpaired) electrons. The fraction of sp³-hybridized carbons (Fsp3) is 0.925. The summed E-state index contributed by atoms with van der Waals surface area (Å²) in [4.78, 5) is 36.8. The molecular weight excluding hydrogens is 860 g/mol. The number of unbranched alkanes of at least 4 members (excludes halogenated alkanes) is 1. The molecule has 0 bridgehead atoms. The lowest BCUT2D eigenvalue weighted by Gasteiger charge is -2.48. The van der Waals surface area contributed by atoms with Crippen molar-refractivity contribution in [2.45, 2.75) is 151 Å². The van der Waals surface area contributed by atoms with E-state index in [1.807, 2.05) is 6.92 Å². The molecule has 64 heavy (non-hydrogen) atoms. The summed E-state index contributed by atoms with van der Waals surface area (Å²) in [5.41, 5.74) is 0. The Morgan fingerprint density at radius 1 is 0.531 bits per heavy atom. The van der Waals surface area contributed by atoms with Gasteiger partial charge in [-0.1, -0.05) is 6.92 Å². The number of aliphatic hydroxyl groups excluding tert-OH is 9. The van der Waals surface area contributed by atoms with Gasteiger partial charge >= 0.3 is 0 Å². The second-order valence-corrected chi connectivity index (χ2v) is 15.6. The standard InChI is InChI=1S/C40H72N2O22/c1-3-11-55-14-16-57-18-19-58-17-15-56-13-9-24(47)7-4-5-8-28(48)41-10-6-12-59-38-29(42-23(2)46)32(51)36(27(22-45)62-38)63-40-35(54)37(31(50)26(21-44)61-40)64-39-34(53)33(52)30(49)25(20-43)60-39/h25-27,29-40,43-45,49-54H,3-22H2,1-2H3,(H,41,48)(H,42,46)/t25?,26?,27?,29?,30-,31-,32+,33-,34?,35?,36+,37-,38+,39+,40-/m0/s1. The number of rotatable bonds is 32. The maximum absolute atomic E-state index is 12.4. The van der Waals surface area contributed by atoms with Gasteiger partial charge in [-0.05, 0) is 25.7 Å². The predicted octanol–water partition coefficient (Wildman–Crippen LogP) is -4.90.